The molecule has 0 radical (unpaired) electrons. The number of thiophene rings is 1. The molecule has 0 aromatic carbocycles. The van der Waals surface area contributed by atoms with Gasteiger partial charge in [0.2, 0.25) is 0 Å². The maximum absolute atomic E-state index is 12.0. The molecule has 1 amide bonds. The van der Waals surface area contributed by atoms with Crippen LogP contribution in [0.5, 0.6) is 0 Å². The number of rotatable bonds is 7. The van der Waals surface area contributed by atoms with Gasteiger partial charge < -0.3 is 15.2 Å². The quantitative estimate of drug-likeness (QED) is 0.641. The number of carbonyl (C=O) groups is 1. The highest BCUT2D eigenvalue weighted by molar-refractivity contribution is 7.13. The lowest BCUT2D eigenvalue weighted by molar-refractivity contribution is 0.0944. The summed E-state index contributed by atoms with van der Waals surface area (Å²) in [6.07, 6.45) is 2.48. The molecule has 7 nitrogen and oxygen atoms in total. The van der Waals surface area contributed by atoms with Crippen LogP contribution in [0.3, 0.4) is 0 Å². The highest BCUT2D eigenvalue weighted by Gasteiger charge is 2.13. The topological polar surface area (TPSA) is 92.9 Å². The van der Waals surface area contributed by atoms with Crippen LogP contribution in [0.1, 0.15) is 22.7 Å². The van der Waals surface area contributed by atoms with E-state index in [0.717, 1.165) is 22.9 Å². The van der Waals surface area contributed by atoms with E-state index in [-0.39, 0.29) is 11.6 Å². The van der Waals surface area contributed by atoms with Gasteiger partial charge in [-0.15, -0.1) is 11.3 Å². The van der Waals surface area contributed by atoms with Crippen molar-refractivity contribution >= 4 is 23.1 Å². The Balaban J connectivity index is 1.41. The summed E-state index contributed by atoms with van der Waals surface area (Å²) in [4.78, 5) is 21.3. The van der Waals surface area contributed by atoms with Crippen molar-refractivity contribution in [3.63, 3.8) is 0 Å². The van der Waals surface area contributed by atoms with Crippen LogP contribution in [0.4, 0.5) is 5.82 Å². The van der Waals surface area contributed by atoms with Gasteiger partial charge in [-0.2, -0.15) is 0 Å². The van der Waals surface area contributed by atoms with Crippen molar-refractivity contribution in [2.45, 2.75) is 13.3 Å². The molecule has 3 aromatic rings. The van der Waals surface area contributed by atoms with E-state index in [1.54, 1.807) is 23.6 Å². The lowest BCUT2D eigenvalue weighted by atomic mass is 10.3. The van der Waals surface area contributed by atoms with Crippen LogP contribution in [-0.4, -0.2) is 34.1 Å². The SMILES string of the molecule is Cc1nccc(NCCCNC(=O)c2cc(-c3cccs3)on2)n1. The Hall–Kier alpha value is -2.74. The number of carbonyl (C=O) groups excluding carboxylic acids is 1. The highest BCUT2D eigenvalue weighted by Crippen LogP contribution is 2.24. The minimum atomic E-state index is -0.237. The predicted molar refractivity (Wildman–Crippen MR) is 92.0 cm³/mol. The number of nitrogens with one attached hydrogen (secondary N) is 2. The Labute approximate surface area is 143 Å². The van der Waals surface area contributed by atoms with Crippen molar-refractivity contribution in [1.29, 1.82) is 0 Å². The number of aryl methyl sites for hydroxylation is 1. The molecular weight excluding hydrogens is 326 g/mol. The fraction of sp³-hybridized carbons (Fsp3) is 0.250. The third-order valence-electron chi connectivity index (χ3n) is 3.23. The number of amides is 1. The second-order valence-corrected chi connectivity index (χ2v) is 6.03. The van der Waals surface area contributed by atoms with Crippen LogP contribution in [0.15, 0.2) is 40.4 Å². The maximum atomic E-state index is 12.0. The molecule has 0 spiro atoms. The van der Waals surface area contributed by atoms with E-state index in [9.17, 15) is 4.79 Å². The maximum Gasteiger partial charge on any atom is 0.273 e. The van der Waals surface area contributed by atoms with Crippen LogP contribution in [-0.2, 0) is 0 Å². The van der Waals surface area contributed by atoms with Crippen molar-refractivity contribution in [3.8, 4) is 10.6 Å². The molecule has 0 atom stereocenters. The van der Waals surface area contributed by atoms with Crippen molar-refractivity contribution < 1.29 is 9.32 Å². The zero-order valence-corrected chi connectivity index (χ0v) is 14.0. The largest absolute Gasteiger partial charge is 0.370 e. The van der Waals surface area contributed by atoms with Crippen molar-refractivity contribution in [3.05, 3.63) is 47.4 Å². The van der Waals surface area contributed by atoms with E-state index in [1.165, 1.54) is 0 Å². The molecular formula is C16H17N5O2S. The molecule has 24 heavy (non-hydrogen) atoms. The van der Waals surface area contributed by atoms with Crippen LogP contribution in [0, 0.1) is 6.92 Å². The minimum Gasteiger partial charge on any atom is -0.370 e. The van der Waals surface area contributed by atoms with Gasteiger partial charge in [-0.3, -0.25) is 4.79 Å². The van der Waals surface area contributed by atoms with Gasteiger partial charge in [0.05, 0.1) is 4.88 Å². The summed E-state index contributed by atoms with van der Waals surface area (Å²) in [5.74, 6) is 1.88. The first-order valence-corrected chi connectivity index (χ1v) is 8.42. The molecule has 0 saturated heterocycles. The Kier molecular flexibility index (Phi) is 5.17. The molecule has 0 aliphatic carbocycles. The van der Waals surface area contributed by atoms with Gasteiger partial charge in [0.15, 0.2) is 11.5 Å². The number of aromatic nitrogens is 3. The Bertz CT molecular complexity index is 800. The van der Waals surface area contributed by atoms with Gasteiger partial charge in [-0.05, 0) is 30.9 Å². The minimum absolute atomic E-state index is 0.237. The third-order valence-corrected chi connectivity index (χ3v) is 4.11. The van der Waals surface area contributed by atoms with E-state index >= 15 is 0 Å². The van der Waals surface area contributed by atoms with E-state index in [1.807, 2.05) is 30.5 Å². The lowest BCUT2D eigenvalue weighted by Crippen LogP contribution is -2.26. The average molecular weight is 343 g/mol. The summed E-state index contributed by atoms with van der Waals surface area (Å²) >= 11 is 1.54. The molecule has 8 heteroatoms. The highest BCUT2D eigenvalue weighted by atomic mass is 32.1. The monoisotopic (exact) mass is 343 g/mol. The molecule has 0 aliphatic heterocycles. The fourth-order valence-corrected chi connectivity index (χ4v) is 2.74. The van der Waals surface area contributed by atoms with Crippen molar-refractivity contribution in [2.75, 3.05) is 18.4 Å². The fourth-order valence-electron chi connectivity index (χ4n) is 2.07. The smallest absolute Gasteiger partial charge is 0.273 e. The van der Waals surface area contributed by atoms with Crippen molar-refractivity contribution in [2.24, 2.45) is 0 Å². The molecule has 3 aromatic heterocycles. The van der Waals surface area contributed by atoms with Crippen LogP contribution in [0.25, 0.3) is 10.6 Å². The average Bonchev–Trinajstić information content (AvgIpc) is 3.25. The number of hydrogen-bond donors (Lipinski definition) is 2. The summed E-state index contributed by atoms with van der Waals surface area (Å²) in [7, 11) is 0. The summed E-state index contributed by atoms with van der Waals surface area (Å²) in [5.41, 5.74) is 0.290. The zero-order valence-electron chi connectivity index (χ0n) is 13.2. The zero-order chi connectivity index (χ0) is 16.8. The number of hydrogen-bond acceptors (Lipinski definition) is 7. The second-order valence-electron chi connectivity index (χ2n) is 5.08. The molecule has 3 rings (SSSR count). The molecule has 3 heterocycles. The van der Waals surface area contributed by atoms with E-state index in [0.29, 0.717) is 18.8 Å². The second kappa shape index (κ2) is 7.69. The van der Waals surface area contributed by atoms with E-state index < -0.39 is 0 Å². The molecule has 0 fully saturated rings. The normalized spacial score (nSPS) is 10.5. The van der Waals surface area contributed by atoms with Gasteiger partial charge >= 0.3 is 0 Å². The first-order valence-electron chi connectivity index (χ1n) is 7.55. The predicted octanol–water partition coefficient (Wildman–Crippen LogP) is 2.73. The van der Waals surface area contributed by atoms with Crippen LogP contribution < -0.4 is 10.6 Å². The first kappa shape index (κ1) is 16.1. The first-order chi connectivity index (χ1) is 11.7. The van der Waals surface area contributed by atoms with Gasteiger partial charge in [0.25, 0.3) is 5.91 Å². The third kappa shape index (κ3) is 4.17. The standard InChI is InChI=1S/C16H17N5O2S/c1-11-17-8-5-15(20-11)18-6-3-7-19-16(22)12-10-13(23-21-12)14-4-2-9-24-14/h2,4-5,8-10H,3,6-7H2,1H3,(H,19,22)(H,17,18,20). The summed E-state index contributed by atoms with van der Waals surface area (Å²) < 4.78 is 5.20. The van der Waals surface area contributed by atoms with Gasteiger partial charge in [-0.25, -0.2) is 9.97 Å². The number of anilines is 1. The number of nitrogens with zero attached hydrogens (tertiary/aromatic N) is 3. The van der Waals surface area contributed by atoms with Crippen molar-refractivity contribution in [1.82, 2.24) is 20.4 Å². The lowest BCUT2D eigenvalue weighted by Gasteiger charge is -2.06. The molecule has 0 saturated carbocycles. The molecule has 2 N–H and O–H groups in total. The van der Waals surface area contributed by atoms with Gasteiger partial charge in [0, 0.05) is 25.4 Å². The Morgan fingerprint density at radius 2 is 2.25 bits per heavy atom. The molecule has 0 aliphatic rings. The summed E-state index contributed by atoms with van der Waals surface area (Å²) in [6, 6.07) is 7.32. The summed E-state index contributed by atoms with van der Waals surface area (Å²) in [5, 5.41) is 11.8. The van der Waals surface area contributed by atoms with E-state index in [2.05, 4.69) is 25.8 Å². The van der Waals surface area contributed by atoms with Crippen LogP contribution >= 0.6 is 11.3 Å². The van der Waals surface area contributed by atoms with E-state index in [4.69, 9.17) is 4.52 Å². The Morgan fingerprint density at radius 1 is 1.33 bits per heavy atom. The van der Waals surface area contributed by atoms with Gasteiger partial charge in [-0.1, -0.05) is 11.2 Å². The summed E-state index contributed by atoms with van der Waals surface area (Å²) in [6.45, 7) is 3.08. The van der Waals surface area contributed by atoms with Gasteiger partial charge in [0.1, 0.15) is 11.6 Å². The van der Waals surface area contributed by atoms with Crippen LogP contribution in [0.2, 0.25) is 0 Å². The molecule has 0 bridgehead atoms. The molecule has 0 unspecified atom stereocenters. The molecule has 124 valence electrons. The Morgan fingerprint density at radius 3 is 3.04 bits per heavy atom.